The zero-order valence-electron chi connectivity index (χ0n) is 14.8. The number of nitrogens with two attached hydrogens (primary N) is 1. The van der Waals surface area contributed by atoms with Crippen molar-refractivity contribution in [3.05, 3.63) is 75.9 Å². The number of hydrogen-bond donors (Lipinski definition) is 1. The smallest absolute Gasteiger partial charge is 0.177 e. The van der Waals surface area contributed by atoms with Gasteiger partial charge in [-0.25, -0.2) is 14.1 Å². The Morgan fingerprint density at radius 3 is 2.61 bits per heavy atom. The molecule has 0 spiro atoms. The average Bonchev–Trinajstić information content (AvgIpc) is 3.03. The van der Waals surface area contributed by atoms with Crippen molar-refractivity contribution in [1.29, 1.82) is 0 Å². The summed E-state index contributed by atoms with van der Waals surface area (Å²) in [5, 5.41) is 5.28. The Hall–Kier alpha value is -2.72. The van der Waals surface area contributed by atoms with Gasteiger partial charge in [-0.2, -0.15) is 5.10 Å². The lowest BCUT2D eigenvalue weighted by Crippen LogP contribution is -2.14. The summed E-state index contributed by atoms with van der Waals surface area (Å²) < 4.78 is 28.0. The highest BCUT2D eigenvalue weighted by Crippen LogP contribution is 2.35. The number of fused-ring (bicyclic) bond motifs is 1. The molecule has 142 valence electrons. The van der Waals surface area contributed by atoms with Gasteiger partial charge in [-0.1, -0.05) is 30.3 Å². The van der Waals surface area contributed by atoms with Gasteiger partial charge in [-0.15, -0.1) is 0 Å². The molecule has 0 bridgehead atoms. The SMILES string of the molecule is COC(c1ccccc1)n1nc(I)c2c(Oc3ccc(N)cc3F)ccnc21. The minimum Gasteiger partial charge on any atom is -0.453 e. The number of nitrogens with zero attached hydrogens (tertiary/aromatic N) is 3. The fourth-order valence-corrected chi connectivity index (χ4v) is 3.69. The minimum absolute atomic E-state index is 0.0802. The van der Waals surface area contributed by atoms with E-state index < -0.39 is 12.0 Å². The number of rotatable bonds is 5. The standard InChI is InChI=1S/C20H16FIN4O2/c1-27-20(12-5-3-2-4-6-12)26-19-17(18(22)25-26)16(9-10-24-19)28-15-8-7-13(23)11-14(15)21/h2-11,20H,23H2,1H3. The van der Waals surface area contributed by atoms with Crippen LogP contribution in [0.25, 0.3) is 11.0 Å². The molecule has 4 aromatic rings. The molecule has 6 nitrogen and oxygen atoms in total. The minimum atomic E-state index is -0.536. The molecular formula is C20H16FIN4O2. The molecule has 28 heavy (non-hydrogen) atoms. The van der Waals surface area contributed by atoms with Crippen molar-refractivity contribution in [2.24, 2.45) is 0 Å². The molecule has 1 atom stereocenters. The second kappa shape index (κ2) is 7.72. The number of benzene rings is 2. The van der Waals surface area contributed by atoms with Gasteiger partial charge >= 0.3 is 0 Å². The van der Waals surface area contributed by atoms with Gasteiger partial charge < -0.3 is 15.2 Å². The summed E-state index contributed by atoms with van der Waals surface area (Å²) in [7, 11) is 1.61. The van der Waals surface area contributed by atoms with Crippen LogP contribution in [-0.4, -0.2) is 21.9 Å². The molecule has 0 saturated heterocycles. The van der Waals surface area contributed by atoms with Crippen LogP contribution in [0, 0.1) is 9.52 Å². The number of pyridine rings is 1. The first-order chi connectivity index (χ1) is 13.6. The molecule has 0 aliphatic carbocycles. The Morgan fingerprint density at radius 1 is 1.11 bits per heavy atom. The molecular weight excluding hydrogens is 474 g/mol. The largest absolute Gasteiger partial charge is 0.453 e. The van der Waals surface area contributed by atoms with Crippen molar-refractivity contribution < 1.29 is 13.9 Å². The maximum absolute atomic E-state index is 14.2. The first-order valence-electron chi connectivity index (χ1n) is 8.42. The van der Waals surface area contributed by atoms with Crippen LogP contribution in [0.1, 0.15) is 11.8 Å². The van der Waals surface area contributed by atoms with E-state index in [1.807, 2.05) is 30.3 Å². The molecule has 2 aromatic heterocycles. The molecule has 0 aliphatic rings. The van der Waals surface area contributed by atoms with Crippen LogP contribution >= 0.6 is 22.6 Å². The van der Waals surface area contributed by atoms with Crippen LogP contribution in [-0.2, 0) is 4.74 Å². The van der Waals surface area contributed by atoms with E-state index in [0.717, 1.165) is 5.56 Å². The molecule has 8 heteroatoms. The van der Waals surface area contributed by atoms with Crippen molar-refractivity contribution >= 4 is 39.3 Å². The lowest BCUT2D eigenvalue weighted by atomic mass is 10.2. The van der Waals surface area contributed by atoms with E-state index in [-0.39, 0.29) is 5.75 Å². The molecule has 0 fully saturated rings. The summed E-state index contributed by atoms with van der Waals surface area (Å²) in [5.41, 5.74) is 7.45. The fraction of sp³-hybridized carbons (Fsp3) is 0.100. The van der Waals surface area contributed by atoms with Gasteiger partial charge in [0, 0.05) is 36.7 Å². The van der Waals surface area contributed by atoms with Gasteiger partial charge in [0.25, 0.3) is 0 Å². The van der Waals surface area contributed by atoms with Gasteiger partial charge in [0.2, 0.25) is 0 Å². The number of anilines is 1. The third kappa shape index (κ3) is 3.40. The Bertz CT molecular complexity index is 1130. The highest BCUT2D eigenvalue weighted by Gasteiger charge is 2.22. The van der Waals surface area contributed by atoms with Crippen LogP contribution in [0.3, 0.4) is 0 Å². The molecule has 0 aliphatic heterocycles. The maximum atomic E-state index is 14.2. The van der Waals surface area contributed by atoms with E-state index in [1.54, 1.807) is 30.1 Å². The molecule has 2 heterocycles. The summed E-state index contributed by atoms with van der Waals surface area (Å²) in [4.78, 5) is 4.46. The lowest BCUT2D eigenvalue weighted by Gasteiger charge is -2.16. The fourth-order valence-electron chi connectivity index (χ4n) is 2.95. The normalized spacial score (nSPS) is 12.2. The molecule has 1 unspecified atom stereocenters. The van der Waals surface area contributed by atoms with Crippen molar-refractivity contribution in [3.63, 3.8) is 0 Å². The van der Waals surface area contributed by atoms with E-state index in [0.29, 0.717) is 26.2 Å². The van der Waals surface area contributed by atoms with E-state index in [2.05, 4.69) is 32.7 Å². The predicted molar refractivity (Wildman–Crippen MR) is 113 cm³/mol. The number of halogens is 2. The summed E-state index contributed by atoms with van der Waals surface area (Å²) >= 11 is 2.11. The van der Waals surface area contributed by atoms with Gasteiger partial charge in [-0.3, -0.25) is 0 Å². The Balaban J connectivity index is 1.81. The monoisotopic (exact) mass is 490 g/mol. The number of methoxy groups -OCH3 is 1. The average molecular weight is 490 g/mol. The summed E-state index contributed by atoms with van der Waals surface area (Å²) in [6, 6.07) is 15.7. The second-order valence-electron chi connectivity index (χ2n) is 6.03. The molecule has 2 N–H and O–H groups in total. The third-order valence-electron chi connectivity index (χ3n) is 4.22. The van der Waals surface area contributed by atoms with E-state index >= 15 is 0 Å². The van der Waals surface area contributed by atoms with E-state index in [4.69, 9.17) is 15.2 Å². The summed E-state index contributed by atoms with van der Waals surface area (Å²) in [6.45, 7) is 0. The molecule has 0 amide bonds. The predicted octanol–water partition coefficient (Wildman–Crippen LogP) is 4.74. The zero-order valence-corrected chi connectivity index (χ0v) is 17.0. The summed E-state index contributed by atoms with van der Waals surface area (Å²) in [5.74, 6) is -0.00440. The lowest BCUT2D eigenvalue weighted by molar-refractivity contribution is 0.0711. The Kier molecular flexibility index (Phi) is 5.14. The molecule has 0 radical (unpaired) electrons. The van der Waals surface area contributed by atoms with Gasteiger partial charge in [-0.05, 0) is 34.7 Å². The van der Waals surface area contributed by atoms with E-state index in [1.165, 1.54) is 12.1 Å². The number of nitrogen functional groups attached to an aromatic ring is 1. The second-order valence-corrected chi connectivity index (χ2v) is 7.06. The molecule has 4 rings (SSSR count). The van der Waals surface area contributed by atoms with Crippen LogP contribution < -0.4 is 10.5 Å². The highest BCUT2D eigenvalue weighted by molar-refractivity contribution is 14.1. The van der Waals surface area contributed by atoms with Crippen LogP contribution in [0.2, 0.25) is 0 Å². The van der Waals surface area contributed by atoms with Crippen LogP contribution in [0.5, 0.6) is 11.5 Å². The summed E-state index contributed by atoms with van der Waals surface area (Å²) in [6.07, 6.45) is 1.14. The zero-order chi connectivity index (χ0) is 19.7. The number of ether oxygens (including phenoxy) is 2. The first-order valence-corrected chi connectivity index (χ1v) is 9.49. The Morgan fingerprint density at radius 2 is 1.89 bits per heavy atom. The van der Waals surface area contributed by atoms with Crippen molar-refractivity contribution in [2.75, 3.05) is 12.8 Å². The van der Waals surface area contributed by atoms with Crippen molar-refractivity contribution in [3.8, 4) is 11.5 Å². The molecule has 2 aromatic carbocycles. The maximum Gasteiger partial charge on any atom is 0.177 e. The van der Waals surface area contributed by atoms with Gasteiger partial charge in [0.1, 0.15) is 9.45 Å². The number of hydrogen-bond acceptors (Lipinski definition) is 5. The van der Waals surface area contributed by atoms with Gasteiger partial charge in [0.15, 0.2) is 23.4 Å². The van der Waals surface area contributed by atoms with E-state index in [9.17, 15) is 4.39 Å². The van der Waals surface area contributed by atoms with Crippen LogP contribution in [0.4, 0.5) is 10.1 Å². The quantitative estimate of drug-likeness (QED) is 0.323. The van der Waals surface area contributed by atoms with Crippen molar-refractivity contribution in [2.45, 2.75) is 6.23 Å². The first kappa shape index (κ1) is 18.6. The Labute approximate surface area is 174 Å². The third-order valence-corrected chi connectivity index (χ3v) is 4.97. The van der Waals surface area contributed by atoms with Crippen LogP contribution in [0.15, 0.2) is 60.8 Å². The van der Waals surface area contributed by atoms with Gasteiger partial charge in [0.05, 0.1) is 5.39 Å². The van der Waals surface area contributed by atoms with Crippen molar-refractivity contribution in [1.82, 2.24) is 14.8 Å². The molecule has 0 saturated carbocycles. The number of aromatic nitrogens is 3. The highest BCUT2D eigenvalue weighted by atomic mass is 127. The topological polar surface area (TPSA) is 75.2 Å².